The van der Waals surface area contributed by atoms with Crippen molar-refractivity contribution >= 4 is 0 Å². The lowest BCUT2D eigenvalue weighted by Gasteiger charge is -2.36. The van der Waals surface area contributed by atoms with Crippen LogP contribution in [0.15, 0.2) is 71.3 Å². The molecule has 3 aromatic rings. The van der Waals surface area contributed by atoms with Crippen molar-refractivity contribution in [1.82, 2.24) is 4.98 Å². The third-order valence-corrected chi connectivity index (χ3v) is 6.72. The van der Waals surface area contributed by atoms with Crippen LogP contribution in [-0.2, 0) is 18.6 Å². The zero-order valence-electron chi connectivity index (χ0n) is 18.8. The molecule has 4 rings (SSSR count). The number of hydrogen-bond acceptors (Lipinski definition) is 3. The summed E-state index contributed by atoms with van der Waals surface area (Å²) in [6.45, 7) is 1.75. The van der Waals surface area contributed by atoms with Crippen LogP contribution in [0.2, 0.25) is 0 Å². The Balaban J connectivity index is 1.53. The maximum atomic E-state index is 12.0. The molecule has 164 valence electrons. The summed E-state index contributed by atoms with van der Waals surface area (Å²) in [4.78, 5) is 4.62. The van der Waals surface area contributed by atoms with Gasteiger partial charge in [-0.1, -0.05) is 79.9 Å². The summed E-state index contributed by atoms with van der Waals surface area (Å²) in [5.74, 6) is 1.41. The molecule has 0 bridgehead atoms. The highest BCUT2D eigenvalue weighted by Gasteiger charge is 2.44. The van der Waals surface area contributed by atoms with Crippen LogP contribution in [-0.4, -0.2) is 35.2 Å². The van der Waals surface area contributed by atoms with E-state index in [2.05, 4.69) is 49.4 Å². The highest BCUT2D eigenvalue weighted by atomic mass is 16.4. The summed E-state index contributed by atoms with van der Waals surface area (Å²) in [7, 11) is 4.44. The van der Waals surface area contributed by atoms with E-state index in [1.165, 1.54) is 12.0 Å². The molecule has 4 nitrogen and oxygen atoms in total. The molecule has 31 heavy (non-hydrogen) atoms. The van der Waals surface area contributed by atoms with Gasteiger partial charge in [-0.05, 0) is 24.0 Å². The van der Waals surface area contributed by atoms with Gasteiger partial charge in [-0.15, -0.1) is 0 Å². The number of nitrogens with zero attached hydrogens (tertiary/aromatic N) is 2. The van der Waals surface area contributed by atoms with Crippen molar-refractivity contribution in [3.8, 4) is 0 Å². The van der Waals surface area contributed by atoms with Gasteiger partial charge in [0, 0.05) is 12.3 Å². The highest BCUT2D eigenvalue weighted by Crippen LogP contribution is 2.43. The number of hydrogen-bond donors (Lipinski definition) is 1. The molecule has 1 fully saturated rings. The van der Waals surface area contributed by atoms with Gasteiger partial charge >= 0.3 is 0 Å². The maximum Gasteiger partial charge on any atom is 0.231 e. The fourth-order valence-corrected chi connectivity index (χ4v) is 4.88. The molecule has 1 aliphatic carbocycles. The van der Waals surface area contributed by atoms with Gasteiger partial charge in [0.15, 0.2) is 11.4 Å². The van der Waals surface area contributed by atoms with E-state index < -0.39 is 5.60 Å². The number of rotatable bonds is 8. The molecule has 1 atom stereocenters. The third-order valence-electron chi connectivity index (χ3n) is 6.72. The number of quaternary nitrogens is 1. The summed E-state index contributed by atoms with van der Waals surface area (Å²) >= 11 is 0. The number of likely N-dealkylation sites (N-methyl/N-ethyl adjacent to an activating group) is 1. The van der Waals surface area contributed by atoms with Crippen molar-refractivity contribution in [1.29, 1.82) is 0 Å². The third kappa shape index (κ3) is 5.08. The first-order valence-electron chi connectivity index (χ1n) is 11.6. The number of aromatic nitrogens is 1. The largest absolute Gasteiger partial charge is 0.436 e. The first kappa shape index (κ1) is 21.8. The zero-order chi connectivity index (χ0) is 21.7. The Morgan fingerprint density at radius 1 is 0.968 bits per heavy atom. The van der Waals surface area contributed by atoms with Crippen LogP contribution in [0.25, 0.3) is 0 Å². The number of aliphatic hydroxyl groups is 1. The van der Waals surface area contributed by atoms with Gasteiger partial charge < -0.3 is 14.0 Å². The molecule has 0 radical (unpaired) electrons. The minimum atomic E-state index is -1.17. The van der Waals surface area contributed by atoms with Crippen molar-refractivity contribution in [2.75, 3.05) is 20.6 Å². The average Bonchev–Trinajstić information content (AvgIpc) is 3.27. The zero-order valence-corrected chi connectivity index (χ0v) is 18.8. The van der Waals surface area contributed by atoms with Crippen LogP contribution >= 0.6 is 0 Å². The van der Waals surface area contributed by atoms with Gasteiger partial charge in [-0.25, -0.2) is 4.98 Å². The van der Waals surface area contributed by atoms with Crippen LogP contribution in [0.3, 0.4) is 0 Å². The fraction of sp³-hybridized carbons (Fsp3) is 0.444. The topological polar surface area (TPSA) is 46.3 Å². The molecule has 0 unspecified atom stereocenters. The number of benzene rings is 2. The first-order valence-corrected chi connectivity index (χ1v) is 11.6. The second-order valence-corrected chi connectivity index (χ2v) is 9.65. The summed E-state index contributed by atoms with van der Waals surface area (Å²) in [6.07, 6.45) is 8.38. The normalized spacial score (nSPS) is 17.4. The smallest absolute Gasteiger partial charge is 0.231 e. The molecule has 2 aromatic carbocycles. The SMILES string of the molecule is C[N+](C)(CCc1ccccc1)Cc1cnc([C@](O)(c2ccccc2)C2CCCCC2)o1. The van der Waals surface area contributed by atoms with Crippen LogP contribution in [0.4, 0.5) is 0 Å². The Bertz CT molecular complexity index is 946. The lowest BCUT2D eigenvalue weighted by Crippen LogP contribution is -2.40. The molecular weight excluding hydrogens is 384 g/mol. The minimum Gasteiger partial charge on any atom is -0.436 e. The molecular formula is C27H35N2O2+. The van der Waals surface area contributed by atoms with Crippen LogP contribution in [0.5, 0.6) is 0 Å². The Kier molecular flexibility index (Phi) is 6.59. The Hall–Kier alpha value is -2.43. The van der Waals surface area contributed by atoms with Crippen LogP contribution in [0.1, 0.15) is 54.9 Å². The molecule has 0 aliphatic heterocycles. The lowest BCUT2D eigenvalue weighted by molar-refractivity contribution is -0.904. The minimum absolute atomic E-state index is 0.135. The first-order chi connectivity index (χ1) is 15.0. The average molecular weight is 420 g/mol. The summed E-state index contributed by atoms with van der Waals surface area (Å²) in [5, 5.41) is 12.0. The fourth-order valence-electron chi connectivity index (χ4n) is 4.88. The van der Waals surface area contributed by atoms with E-state index in [9.17, 15) is 5.11 Å². The molecule has 4 heteroatoms. The van der Waals surface area contributed by atoms with Crippen LogP contribution < -0.4 is 0 Å². The van der Waals surface area contributed by atoms with Gasteiger partial charge in [0.05, 0.1) is 26.8 Å². The molecule has 1 N–H and O–H groups in total. The standard InChI is InChI=1S/C27H35N2O2/c1-29(2,19-18-22-12-6-3-7-13-22)21-25-20-28-26(31-25)27(30,23-14-8-4-9-15-23)24-16-10-5-11-17-24/h3-4,6-9,12-15,20,24,30H,5,10-11,16-19,21H2,1-2H3/q+1/t27-/m0/s1. The van der Waals surface area contributed by atoms with Gasteiger partial charge in [-0.3, -0.25) is 0 Å². The predicted molar refractivity (Wildman–Crippen MR) is 123 cm³/mol. The van der Waals surface area contributed by atoms with Crippen molar-refractivity contribution in [2.24, 2.45) is 5.92 Å². The monoisotopic (exact) mass is 419 g/mol. The molecule has 1 heterocycles. The molecule has 1 aliphatic rings. The van der Waals surface area contributed by atoms with E-state index in [0.29, 0.717) is 5.89 Å². The van der Waals surface area contributed by atoms with E-state index in [1.807, 2.05) is 36.5 Å². The summed E-state index contributed by atoms with van der Waals surface area (Å²) in [6, 6.07) is 20.5. The van der Waals surface area contributed by atoms with Crippen molar-refractivity contribution in [3.05, 3.63) is 89.6 Å². The van der Waals surface area contributed by atoms with Gasteiger partial charge in [0.25, 0.3) is 0 Å². The van der Waals surface area contributed by atoms with E-state index in [0.717, 1.165) is 61.0 Å². The Morgan fingerprint density at radius 2 is 1.61 bits per heavy atom. The van der Waals surface area contributed by atoms with Gasteiger partial charge in [0.1, 0.15) is 6.54 Å². The Labute approximate surface area is 186 Å². The van der Waals surface area contributed by atoms with Gasteiger partial charge in [-0.2, -0.15) is 0 Å². The molecule has 1 aromatic heterocycles. The molecule has 0 spiro atoms. The Morgan fingerprint density at radius 3 is 2.29 bits per heavy atom. The van der Waals surface area contributed by atoms with E-state index in [-0.39, 0.29) is 5.92 Å². The van der Waals surface area contributed by atoms with E-state index in [1.54, 1.807) is 0 Å². The van der Waals surface area contributed by atoms with Gasteiger partial charge in [0.2, 0.25) is 5.89 Å². The highest BCUT2D eigenvalue weighted by molar-refractivity contribution is 5.30. The predicted octanol–water partition coefficient (Wildman–Crippen LogP) is 5.31. The second kappa shape index (κ2) is 9.37. The van der Waals surface area contributed by atoms with Crippen LogP contribution in [0, 0.1) is 5.92 Å². The van der Waals surface area contributed by atoms with E-state index in [4.69, 9.17) is 4.42 Å². The summed E-state index contributed by atoms with van der Waals surface area (Å²) < 4.78 is 7.07. The number of oxazole rings is 1. The van der Waals surface area contributed by atoms with E-state index >= 15 is 0 Å². The quantitative estimate of drug-likeness (QED) is 0.503. The molecule has 0 saturated heterocycles. The molecule has 1 saturated carbocycles. The lowest BCUT2D eigenvalue weighted by atomic mass is 9.73. The van der Waals surface area contributed by atoms with Crippen molar-refractivity contribution < 1.29 is 14.0 Å². The maximum absolute atomic E-state index is 12.0. The van der Waals surface area contributed by atoms with Crippen molar-refractivity contribution in [3.63, 3.8) is 0 Å². The second-order valence-electron chi connectivity index (χ2n) is 9.65. The van der Waals surface area contributed by atoms with Crippen molar-refractivity contribution in [2.45, 2.75) is 50.7 Å². The summed E-state index contributed by atoms with van der Waals surface area (Å²) in [5.41, 5.74) is 1.07. The molecule has 0 amide bonds.